The summed E-state index contributed by atoms with van der Waals surface area (Å²) in [4.78, 5) is 16.2. The largest absolute Gasteiger partial charge is 0.302 e. The molecule has 0 saturated carbocycles. The van der Waals surface area contributed by atoms with E-state index in [9.17, 15) is 17.6 Å². The van der Waals surface area contributed by atoms with Crippen LogP contribution < -0.4 is 5.32 Å². The second-order valence-corrected chi connectivity index (χ2v) is 9.11. The number of amides is 1. The minimum Gasteiger partial charge on any atom is -0.302 e. The van der Waals surface area contributed by atoms with Gasteiger partial charge < -0.3 is 5.32 Å². The highest BCUT2D eigenvalue weighted by Gasteiger charge is 2.16. The van der Waals surface area contributed by atoms with E-state index in [-0.39, 0.29) is 40.0 Å². The van der Waals surface area contributed by atoms with Gasteiger partial charge in [-0.2, -0.15) is 0 Å². The van der Waals surface area contributed by atoms with Crippen molar-refractivity contribution >= 4 is 54.0 Å². The fourth-order valence-corrected chi connectivity index (χ4v) is 4.67. The fraction of sp³-hybridized carbons (Fsp3) is 0.176. The maximum atomic E-state index is 13.6. The Morgan fingerprint density at radius 1 is 1.19 bits per heavy atom. The molecule has 1 heterocycles. The Balaban J connectivity index is 1.56. The number of nitrogens with one attached hydrogen (secondary N) is 1. The van der Waals surface area contributed by atoms with Crippen molar-refractivity contribution in [1.29, 1.82) is 0 Å². The number of hydrogen-bond acceptors (Lipinski definition) is 5. The number of nitrogens with zero attached hydrogens (tertiary/aromatic N) is 1. The molecule has 0 spiro atoms. The molecule has 0 bridgehead atoms. The fourth-order valence-electron chi connectivity index (χ4n) is 2.33. The van der Waals surface area contributed by atoms with Crippen LogP contribution in [0.4, 0.5) is 9.52 Å². The van der Waals surface area contributed by atoms with E-state index in [4.69, 9.17) is 11.6 Å². The van der Waals surface area contributed by atoms with E-state index in [1.54, 1.807) is 12.1 Å². The molecule has 2 aromatic carbocycles. The normalized spacial score (nSPS) is 11.6. The van der Waals surface area contributed by atoms with Crippen LogP contribution in [0.3, 0.4) is 0 Å². The second kappa shape index (κ2) is 7.69. The standard InChI is InChI=1S/C17H14ClFN2O3S2/c18-11-6-8-12(9-7-11)26(23,24)10-2-5-15(22)20-17-21-16-13(19)3-1-4-14(16)25-17/h1,3-4,6-9H,2,5,10H2,(H,20,21,22). The van der Waals surface area contributed by atoms with Crippen molar-refractivity contribution in [2.75, 3.05) is 11.1 Å². The number of thiazole rings is 1. The number of para-hydroxylation sites is 1. The molecular weight excluding hydrogens is 399 g/mol. The molecule has 0 saturated heterocycles. The van der Waals surface area contributed by atoms with E-state index in [1.165, 1.54) is 30.3 Å². The van der Waals surface area contributed by atoms with E-state index >= 15 is 0 Å². The number of aromatic nitrogens is 1. The number of hydrogen-bond donors (Lipinski definition) is 1. The van der Waals surface area contributed by atoms with Crippen LogP contribution in [0.15, 0.2) is 47.4 Å². The van der Waals surface area contributed by atoms with Crippen LogP contribution in [0.5, 0.6) is 0 Å². The van der Waals surface area contributed by atoms with Gasteiger partial charge in [-0.1, -0.05) is 29.0 Å². The lowest BCUT2D eigenvalue weighted by atomic mass is 10.3. The van der Waals surface area contributed by atoms with E-state index in [0.717, 1.165) is 11.3 Å². The van der Waals surface area contributed by atoms with Crippen LogP contribution in [0.25, 0.3) is 10.2 Å². The highest BCUT2D eigenvalue weighted by atomic mass is 35.5. The van der Waals surface area contributed by atoms with E-state index in [2.05, 4.69) is 10.3 Å². The first kappa shape index (κ1) is 18.8. The predicted molar refractivity (Wildman–Crippen MR) is 101 cm³/mol. The van der Waals surface area contributed by atoms with Gasteiger partial charge in [0, 0.05) is 11.4 Å². The zero-order valence-corrected chi connectivity index (χ0v) is 15.8. The Labute approximate surface area is 158 Å². The quantitative estimate of drug-likeness (QED) is 0.655. The number of benzene rings is 2. The zero-order chi connectivity index (χ0) is 18.7. The third-order valence-corrected chi connectivity index (χ3v) is 6.61. The molecule has 1 amide bonds. The molecule has 0 fully saturated rings. The first-order valence-electron chi connectivity index (χ1n) is 7.68. The summed E-state index contributed by atoms with van der Waals surface area (Å²) in [7, 11) is -3.47. The first-order chi connectivity index (χ1) is 12.3. The topological polar surface area (TPSA) is 76.1 Å². The van der Waals surface area contributed by atoms with Gasteiger partial charge in [-0.3, -0.25) is 4.79 Å². The van der Waals surface area contributed by atoms with Crippen molar-refractivity contribution in [3.05, 3.63) is 53.3 Å². The number of carbonyl (C=O) groups is 1. The highest BCUT2D eigenvalue weighted by Crippen LogP contribution is 2.27. The average Bonchev–Trinajstić information content (AvgIpc) is 2.99. The van der Waals surface area contributed by atoms with Crippen molar-refractivity contribution in [2.24, 2.45) is 0 Å². The molecule has 0 unspecified atom stereocenters. The first-order valence-corrected chi connectivity index (χ1v) is 10.5. The van der Waals surface area contributed by atoms with E-state index in [0.29, 0.717) is 9.72 Å². The number of fused-ring (bicyclic) bond motifs is 1. The van der Waals surface area contributed by atoms with E-state index < -0.39 is 15.7 Å². The van der Waals surface area contributed by atoms with Crippen molar-refractivity contribution in [2.45, 2.75) is 17.7 Å². The molecule has 1 aromatic heterocycles. The summed E-state index contributed by atoms with van der Waals surface area (Å²) in [6, 6.07) is 10.5. The molecular formula is C17H14ClFN2O3S2. The number of halogens is 2. The number of rotatable bonds is 6. The molecule has 26 heavy (non-hydrogen) atoms. The SMILES string of the molecule is O=C(CCCS(=O)(=O)c1ccc(Cl)cc1)Nc1nc2c(F)cccc2s1. The molecule has 0 atom stereocenters. The molecule has 0 aliphatic rings. The maximum absolute atomic E-state index is 13.6. The molecule has 136 valence electrons. The average molecular weight is 413 g/mol. The Morgan fingerprint density at radius 3 is 2.62 bits per heavy atom. The molecule has 0 aliphatic heterocycles. The van der Waals surface area contributed by atoms with Gasteiger partial charge >= 0.3 is 0 Å². The third kappa shape index (κ3) is 4.38. The second-order valence-electron chi connectivity index (χ2n) is 5.53. The summed E-state index contributed by atoms with van der Waals surface area (Å²) in [5.74, 6) is -0.972. The Kier molecular flexibility index (Phi) is 5.55. The monoisotopic (exact) mass is 412 g/mol. The van der Waals surface area contributed by atoms with Gasteiger partial charge in [-0.05, 0) is 42.8 Å². The molecule has 9 heteroatoms. The van der Waals surface area contributed by atoms with Crippen molar-refractivity contribution in [3.8, 4) is 0 Å². The summed E-state index contributed by atoms with van der Waals surface area (Å²) >= 11 is 6.91. The Bertz CT molecular complexity index is 1050. The van der Waals surface area contributed by atoms with Crippen molar-refractivity contribution < 1.29 is 17.6 Å². The molecule has 3 aromatic rings. The van der Waals surface area contributed by atoms with Crippen LogP contribution in [0.1, 0.15) is 12.8 Å². The van der Waals surface area contributed by atoms with Crippen molar-refractivity contribution in [3.63, 3.8) is 0 Å². The van der Waals surface area contributed by atoms with Gasteiger partial charge in [-0.25, -0.2) is 17.8 Å². The highest BCUT2D eigenvalue weighted by molar-refractivity contribution is 7.91. The Hall–Kier alpha value is -2.03. The third-order valence-electron chi connectivity index (χ3n) is 3.61. The molecule has 5 nitrogen and oxygen atoms in total. The molecule has 0 radical (unpaired) electrons. The number of anilines is 1. The van der Waals surface area contributed by atoms with Gasteiger partial charge in [0.15, 0.2) is 15.0 Å². The number of carbonyl (C=O) groups excluding carboxylic acids is 1. The van der Waals surface area contributed by atoms with E-state index in [1.807, 2.05) is 0 Å². The van der Waals surface area contributed by atoms with Crippen LogP contribution in [-0.4, -0.2) is 25.1 Å². The summed E-state index contributed by atoms with van der Waals surface area (Å²) in [5.41, 5.74) is 0.207. The minimum absolute atomic E-state index is 0.0191. The minimum atomic E-state index is -3.47. The summed E-state index contributed by atoms with van der Waals surface area (Å²) in [6.45, 7) is 0. The smallest absolute Gasteiger partial charge is 0.226 e. The van der Waals surface area contributed by atoms with Crippen molar-refractivity contribution in [1.82, 2.24) is 4.98 Å². The van der Waals surface area contributed by atoms with Crippen LogP contribution >= 0.6 is 22.9 Å². The van der Waals surface area contributed by atoms with Crippen LogP contribution in [-0.2, 0) is 14.6 Å². The lowest BCUT2D eigenvalue weighted by Crippen LogP contribution is -2.14. The summed E-state index contributed by atoms with van der Waals surface area (Å²) in [6.07, 6.45) is 0.182. The summed E-state index contributed by atoms with van der Waals surface area (Å²) < 4.78 is 38.7. The Morgan fingerprint density at radius 2 is 1.92 bits per heavy atom. The van der Waals surface area contributed by atoms with Crippen LogP contribution in [0, 0.1) is 5.82 Å². The van der Waals surface area contributed by atoms with Gasteiger partial charge in [0.2, 0.25) is 5.91 Å². The van der Waals surface area contributed by atoms with Gasteiger partial charge in [-0.15, -0.1) is 0 Å². The lowest BCUT2D eigenvalue weighted by molar-refractivity contribution is -0.116. The van der Waals surface area contributed by atoms with Gasteiger partial charge in [0.25, 0.3) is 0 Å². The summed E-state index contributed by atoms with van der Waals surface area (Å²) in [5, 5.41) is 3.32. The molecule has 1 N–H and O–H groups in total. The van der Waals surface area contributed by atoms with Crippen LogP contribution in [0.2, 0.25) is 5.02 Å². The lowest BCUT2D eigenvalue weighted by Gasteiger charge is -2.05. The zero-order valence-electron chi connectivity index (χ0n) is 13.4. The number of sulfone groups is 1. The molecule has 0 aliphatic carbocycles. The predicted octanol–water partition coefficient (Wildman–Crippen LogP) is 4.28. The van der Waals surface area contributed by atoms with Gasteiger partial charge in [0.1, 0.15) is 11.3 Å². The van der Waals surface area contributed by atoms with Gasteiger partial charge in [0.05, 0.1) is 15.3 Å². The maximum Gasteiger partial charge on any atom is 0.226 e. The molecule has 3 rings (SSSR count).